The maximum atomic E-state index is 10.2. The molecule has 0 saturated carbocycles. The molecule has 0 N–H and O–H groups in total. The van der Waals surface area contributed by atoms with Crippen molar-refractivity contribution in [3.63, 3.8) is 0 Å². The zero-order chi connectivity index (χ0) is 6.91. The molecule has 0 atom stereocenters. The molecule has 1 heterocycles. The highest BCUT2D eigenvalue weighted by Crippen LogP contribution is 2.20. The summed E-state index contributed by atoms with van der Waals surface area (Å²) < 4.78 is 4.96. The number of rotatable bonds is 2. The molecule has 0 bridgehead atoms. The summed E-state index contributed by atoms with van der Waals surface area (Å²) in [6, 6.07) is 0. The van der Waals surface area contributed by atoms with Gasteiger partial charge in [0.05, 0.1) is 18.8 Å². The zero-order valence-electron chi connectivity index (χ0n) is 5.76. The molecule has 1 amide bonds. The molecule has 0 unspecified atom stereocenters. The lowest BCUT2D eigenvalue weighted by molar-refractivity contribution is -0.146. The smallest absolute Gasteiger partial charge is 0.210 e. The monoisotopic (exact) mass is 129 g/mol. The van der Waals surface area contributed by atoms with Crippen LogP contribution in [0.15, 0.2) is 0 Å². The van der Waals surface area contributed by atoms with Crippen molar-refractivity contribution >= 4 is 6.41 Å². The first kappa shape index (κ1) is 6.55. The van der Waals surface area contributed by atoms with Crippen molar-refractivity contribution < 1.29 is 9.53 Å². The van der Waals surface area contributed by atoms with E-state index in [4.69, 9.17) is 4.74 Å². The molecule has 0 aromatic heterocycles. The summed E-state index contributed by atoms with van der Waals surface area (Å²) >= 11 is 0. The molecule has 1 aliphatic heterocycles. The van der Waals surface area contributed by atoms with Crippen LogP contribution in [0.1, 0.15) is 6.92 Å². The molecule has 1 aliphatic rings. The van der Waals surface area contributed by atoms with Gasteiger partial charge in [-0.1, -0.05) is 0 Å². The molecule has 3 heteroatoms. The van der Waals surface area contributed by atoms with E-state index < -0.39 is 0 Å². The van der Waals surface area contributed by atoms with Crippen LogP contribution in [0.25, 0.3) is 0 Å². The third kappa shape index (κ3) is 0.920. The summed E-state index contributed by atoms with van der Waals surface area (Å²) in [7, 11) is 1.77. The lowest BCUT2D eigenvalue weighted by Crippen LogP contribution is -2.58. The minimum Gasteiger partial charge on any atom is -0.376 e. The average molecular weight is 129 g/mol. The molecule has 52 valence electrons. The minimum absolute atomic E-state index is 0.0260. The quantitative estimate of drug-likeness (QED) is 0.486. The van der Waals surface area contributed by atoms with Crippen LogP contribution in [0.3, 0.4) is 0 Å². The van der Waals surface area contributed by atoms with E-state index in [9.17, 15) is 4.79 Å². The molecule has 3 nitrogen and oxygen atoms in total. The highest BCUT2D eigenvalue weighted by atomic mass is 16.5. The van der Waals surface area contributed by atoms with Crippen molar-refractivity contribution in [3.8, 4) is 0 Å². The molecular formula is C6H11NO2. The zero-order valence-corrected chi connectivity index (χ0v) is 5.76. The maximum Gasteiger partial charge on any atom is 0.210 e. The second-order valence-corrected chi connectivity index (χ2v) is 2.71. The number of nitrogens with zero attached hydrogens (tertiary/aromatic N) is 1. The van der Waals surface area contributed by atoms with Crippen LogP contribution < -0.4 is 0 Å². The van der Waals surface area contributed by atoms with E-state index in [1.165, 1.54) is 0 Å². The fourth-order valence-electron chi connectivity index (χ4n) is 0.728. The van der Waals surface area contributed by atoms with Gasteiger partial charge >= 0.3 is 0 Å². The van der Waals surface area contributed by atoms with Gasteiger partial charge in [0.25, 0.3) is 0 Å². The summed E-state index contributed by atoms with van der Waals surface area (Å²) in [6.45, 7) is 3.34. The van der Waals surface area contributed by atoms with Crippen LogP contribution in [-0.4, -0.2) is 37.1 Å². The van der Waals surface area contributed by atoms with Gasteiger partial charge < -0.3 is 9.64 Å². The third-order valence-corrected chi connectivity index (χ3v) is 1.84. The molecule has 1 fully saturated rings. The standard InChI is InChI=1S/C6H11NO2/c1-6(3-9-4-6)7(2)5-8/h5H,3-4H2,1-2H3. The summed E-state index contributed by atoms with van der Waals surface area (Å²) in [6.07, 6.45) is 0.836. The molecule has 0 spiro atoms. The van der Waals surface area contributed by atoms with E-state index >= 15 is 0 Å². The average Bonchev–Trinajstić information content (AvgIpc) is 1.81. The van der Waals surface area contributed by atoms with E-state index in [1.807, 2.05) is 6.92 Å². The van der Waals surface area contributed by atoms with E-state index in [2.05, 4.69) is 0 Å². The first-order valence-electron chi connectivity index (χ1n) is 2.95. The first-order chi connectivity index (χ1) is 4.19. The first-order valence-corrected chi connectivity index (χ1v) is 2.95. The van der Waals surface area contributed by atoms with Gasteiger partial charge in [0.15, 0.2) is 0 Å². The van der Waals surface area contributed by atoms with Gasteiger partial charge in [0.1, 0.15) is 0 Å². The van der Waals surface area contributed by atoms with E-state index in [0.717, 1.165) is 6.41 Å². The van der Waals surface area contributed by atoms with Crippen LogP contribution in [0.5, 0.6) is 0 Å². The number of carbonyl (C=O) groups is 1. The largest absolute Gasteiger partial charge is 0.376 e. The van der Waals surface area contributed by atoms with Gasteiger partial charge in [0, 0.05) is 7.05 Å². The normalized spacial score (nSPS) is 22.4. The Balaban J connectivity index is 2.48. The van der Waals surface area contributed by atoms with Gasteiger partial charge in [-0.05, 0) is 6.92 Å². The second kappa shape index (κ2) is 1.99. The van der Waals surface area contributed by atoms with Crippen molar-refractivity contribution in [2.45, 2.75) is 12.5 Å². The Labute approximate surface area is 54.6 Å². The summed E-state index contributed by atoms with van der Waals surface area (Å²) in [5.41, 5.74) is -0.0260. The molecule has 0 aromatic carbocycles. The van der Waals surface area contributed by atoms with Gasteiger partial charge in [0.2, 0.25) is 6.41 Å². The Morgan fingerprint density at radius 3 is 2.33 bits per heavy atom. The van der Waals surface area contributed by atoms with Crippen LogP contribution in [0.4, 0.5) is 0 Å². The Bertz CT molecular complexity index is 120. The van der Waals surface area contributed by atoms with Crippen molar-refractivity contribution in [2.75, 3.05) is 20.3 Å². The number of carbonyl (C=O) groups excluding carboxylic acids is 1. The maximum absolute atomic E-state index is 10.2. The Hall–Kier alpha value is -0.570. The summed E-state index contributed by atoms with van der Waals surface area (Å²) in [5, 5.41) is 0. The van der Waals surface area contributed by atoms with Gasteiger partial charge in [-0.15, -0.1) is 0 Å². The minimum atomic E-state index is -0.0260. The van der Waals surface area contributed by atoms with Crippen molar-refractivity contribution in [3.05, 3.63) is 0 Å². The number of amides is 1. The Morgan fingerprint density at radius 1 is 1.67 bits per heavy atom. The number of hydrogen-bond acceptors (Lipinski definition) is 2. The number of hydrogen-bond donors (Lipinski definition) is 0. The fraction of sp³-hybridized carbons (Fsp3) is 0.833. The highest BCUT2D eigenvalue weighted by Gasteiger charge is 2.36. The molecule has 0 aliphatic carbocycles. The number of ether oxygens (including phenoxy) is 1. The van der Waals surface area contributed by atoms with Crippen molar-refractivity contribution in [2.24, 2.45) is 0 Å². The Morgan fingerprint density at radius 2 is 2.22 bits per heavy atom. The number of likely N-dealkylation sites (N-methyl/N-ethyl adjacent to an activating group) is 1. The molecular weight excluding hydrogens is 118 g/mol. The lowest BCUT2D eigenvalue weighted by atomic mass is 10.00. The molecule has 0 radical (unpaired) electrons. The van der Waals surface area contributed by atoms with Gasteiger partial charge in [-0.2, -0.15) is 0 Å². The third-order valence-electron chi connectivity index (χ3n) is 1.84. The molecule has 9 heavy (non-hydrogen) atoms. The van der Waals surface area contributed by atoms with Crippen LogP contribution in [0.2, 0.25) is 0 Å². The molecule has 0 aromatic rings. The highest BCUT2D eigenvalue weighted by molar-refractivity contribution is 5.48. The second-order valence-electron chi connectivity index (χ2n) is 2.71. The molecule has 1 saturated heterocycles. The lowest BCUT2D eigenvalue weighted by Gasteiger charge is -2.43. The van der Waals surface area contributed by atoms with Crippen LogP contribution >= 0.6 is 0 Å². The fourth-order valence-corrected chi connectivity index (χ4v) is 0.728. The Kier molecular flexibility index (Phi) is 1.45. The van der Waals surface area contributed by atoms with Gasteiger partial charge in [-0.25, -0.2) is 0 Å². The predicted octanol–water partition coefficient (Wildman–Crippen LogP) is -0.137. The summed E-state index contributed by atoms with van der Waals surface area (Å²) in [5.74, 6) is 0. The van der Waals surface area contributed by atoms with Crippen molar-refractivity contribution in [1.29, 1.82) is 0 Å². The SMILES string of the molecule is CN(C=O)C1(C)COC1. The van der Waals surface area contributed by atoms with E-state index in [0.29, 0.717) is 13.2 Å². The van der Waals surface area contributed by atoms with Crippen molar-refractivity contribution in [1.82, 2.24) is 4.90 Å². The van der Waals surface area contributed by atoms with Crippen LogP contribution in [0, 0.1) is 0 Å². The van der Waals surface area contributed by atoms with Gasteiger partial charge in [-0.3, -0.25) is 4.79 Å². The van der Waals surface area contributed by atoms with Crippen LogP contribution in [-0.2, 0) is 9.53 Å². The summed E-state index contributed by atoms with van der Waals surface area (Å²) in [4.78, 5) is 11.9. The van der Waals surface area contributed by atoms with E-state index in [-0.39, 0.29) is 5.54 Å². The van der Waals surface area contributed by atoms with E-state index in [1.54, 1.807) is 11.9 Å². The topological polar surface area (TPSA) is 29.5 Å². The predicted molar refractivity (Wildman–Crippen MR) is 33.1 cm³/mol. The molecule has 1 rings (SSSR count).